The van der Waals surface area contributed by atoms with Crippen LogP contribution in [-0.4, -0.2) is 23.6 Å². The van der Waals surface area contributed by atoms with Crippen LogP contribution < -0.4 is 20.9 Å². The van der Waals surface area contributed by atoms with Crippen molar-refractivity contribution in [3.63, 3.8) is 0 Å². The van der Waals surface area contributed by atoms with Crippen molar-refractivity contribution in [2.24, 2.45) is 11.7 Å². The van der Waals surface area contributed by atoms with Crippen molar-refractivity contribution in [2.75, 3.05) is 0 Å². The van der Waals surface area contributed by atoms with E-state index in [0.29, 0.717) is 18.0 Å². The summed E-state index contributed by atoms with van der Waals surface area (Å²) in [6.45, 7) is 7.62. The molecule has 0 fully saturated rings. The monoisotopic (exact) mass is 241 g/mol. The van der Waals surface area contributed by atoms with E-state index in [1.54, 1.807) is 6.08 Å². The molecule has 17 heavy (non-hydrogen) atoms. The highest BCUT2D eigenvalue weighted by molar-refractivity contribution is 5.98. The Hall–Kier alpha value is -1.07. The third-order valence-electron chi connectivity index (χ3n) is 2.70. The summed E-state index contributed by atoms with van der Waals surface area (Å²) >= 11 is 0. The van der Waals surface area contributed by atoms with Crippen molar-refractivity contribution < 1.29 is 19.9 Å². The first-order valence-electron chi connectivity index (χ1n) is 5.84. The number of nitrogens with one attached hydrogen (secondary N) is 1. The van der Waals surface area contributed by atoms with Gasteiger partial charge in [0.25, 0.3) is 0 Å². The van der Waals surface area contributed by atoms with Crippen molar-refractivity contribution in [2.45, 2.75) is 52.0 Å². The standard InChI is InChI=1S/C12H20N2O3/c1-7(2)5-8(11(15)16)14-9-6-10(13)17-12(9,3)4/h6-8,11H,5,13H2,1-4H3/q-2/p+1. The number of nitrogens with two attached hydrogens (primary N) is 1. The molecule has 1 heterocycles. The molecule has 0 aromatic rings. The molecule has 0 radical (unpaired) electrons. The summed E-state index contributed by atoms with van der Waals surface area (Å²) in [6.07, 6.45) is 0.261. The summed E-state index contributed by atoms with van der Waals surface area (Å²) in [5, 5.41) is 22.2. The summed E-state index contributed by atoms with van der Waals surface area (Å²) in [6, 6.07) is -0.643. The number of ether oxygens (including phenoxy) is 1. The number of hydrogen-bond acceptors (Lipinski definition) is 4. The fourth-order valence-electron chi connectivity index (χ4n) is 1.86. The minimum atomic E-state index is -1.91. The van der Waals surface area contributed by atoms with E-state index in [9.17, 15) is 10.2 Å². The lowest BCUT2D eigenvalue weighted by Gasteiger charge is -2.33. The lowest BCUT2D eigenvalue weighted by molar-refractivity contribution is -0.719. The second kappa shape index (κ2) is 5.06. The van der Waals surface area contributed by atoms with Gasteiger partial charge in [-0.1, -0.05) is 13.8 Å². The number of rotatable bonds is 4. The highest BCUT2D eigenvalue weighted by Crippen LogP contribution is 2.19. The van der Waals surface area contributed by atoms with Crippen LogP contribution in [0, 0.1) is 5.92 Å². The normalized spacial score (nSPS) is 23.1. The molecular formula is C12H21N2O3-. The van der Waals surface area contributed by atoms with Crippen LogP contribution >= 0.6 is 0 Å². The number of hydrogen-bond donors (Lipinski definition) is 2. The summed E-state index contributed by atoms with van der Waals surface area (Å²) < 4.78 is 5.38. The molecule has 0 spiro atoms. The quantitative estimate of drug-likeness (QED) is 0.535. The summed E-state index contributed by atoms with van der Waals surface area (Å²) in [4.78, 5) is 2.98. The average Bonchev–Trinajstić information content (AvgIpc) is 2.37. The van der Waals surface area contributed by atoms with Crippen LogP contribution in [0.2, 0.25) is 0 Å². The van der Waals surface area contributed by atoms with Crippen LogP contribution in [0.25, 0.3) is 0 Å². The van der Waals surface area contributed by atoms with E-state index in [1.807, 2.05) is 27.7 Å². The molecule has 0 saturated carbocycles. The molecule has 1 atom stereocenters. The minimum absolute atomic E-state index is 0.283. The lowest BCUT2D eigenvalue weighted by Crippen LogP contribution is -2.87. The molecule has 98 valence electrons. The molecule has 0 amide bonds. The van der Waals surface area contributed by atoms with Gasteiger partial charge in [-0.3, -0.25) is 0 Å². The van der Waals surface area contributed by atoms with Gasteiger partial charge in [0.15, 0.2) is 11.5 Å². The van der Waals surface area contributed by atoms with Gasteiger partial charge in [-0.25, -0.2) is 4.99 Å². The van der Waals surface area contributed by atoms with Crippen LogP contribution in [0.4, 0.5) is 0 Å². The van der Waals surface area contributed by atoms with Gasteiger partial charge in [0.05, 0.1) is 6.08 Å². The van der Waals surface area contributed by atoms with E-state index < -0.39 is 17.9 Å². The first-order valence-corrected chi connectivity index (χ1v) is 5.84. The minimum Gasteiger partial charge on any atom is -0.861 e. The molecule has 0 bridgehead atoms. The molecule has 0 saturated heterocycles. The zero-order valence-electron chi connectivity index (χ0n) is 10.8. The Morgan fingerprint density at radius 2 is 2.00 bits per heavy atom. The Balaban J connectivity index is 2.90. The molecule has 5 nitrogen and oxygen atoms in total. The van der Waals surface area contributed by atoms with Crippen molar-refractivity contribution in [1.29, 1.82) is 0 Å². The predicted octanol–water partition coefficient (Wildman–Crippen LogP) is -2.42. The van der Waals surface area contributed by atoms with Gasteiger partial charge in [0.1, 0.15) is 6.04 Å². The summed E-state index contributed by atoms with van der Waals surface area (Å²) in [5.74, 6) is 0.583. The first kappa shape index (κ1) is 14.0. The Morgan fingerprint density at radius 1 is 1.41 bits per heavy atom. The maximum atomic E-state index is 11.1. The zero-order chi connectivity index (χ0) is 13.2. The van der Waals surface area contributed by atoms with Crippen LogP contribution in [0.15, 0.2) is 12.0 Å². The second-order valence-electron chi connectivity index (χ2n) is 5.32. The van der Waals surface area contributed by atoms with Gasteiger partial charge in [-0.05, 0) is 19.8 Å². The molecule has 3 N–H and O–H groups in total. The van der Waals surface area contributed by atoms with E-state index in [2.05, 4.69) is 4.99 Å². The molecule has 1 aliphatic rings. The third kappa shape index (κ3) is 3.71. The SMILES string of the molecule is CC(C)CC([NH+]=C1C=C(N)OC1(C)C)C([O-])[O-]. The van der Waals surface area contributed by atoms with Gasteiger partial charge in [0, 0.05) is 6.42 Å². The van der Waals surface area contributed by atoms with Gasteiger partial charge in [-0.15, -0.1) is 0 Å². The molecule has 1 unspecified atom stereocenters. The average molecular weight is 241 g/mol. The maximum Gasteiger partial charge on any atom is 0.223 e. The molecule has 0 aliphatic carbocycles. The summed E-state index contributed by atoms with van der Waals surface area (Å²) in [7, 11) is 0. The molecule has 0 aromatic carbocycles. The van der Waals surface area contributed by atoms with Crippen molar-refractivity contribution in [1.82, 2.24) is 0 Å². The topological polar surface area (TPSA) is 95.3 Å². The highest BCUT2D eigenvalue weighted by atomic mass is 16.5. The van der Waals surface area contributed by atoms with Gasteiger partial charge >= 0.3 is 0 Å². The van der Waals surface area contributed by atoms with E-state index in [4.69, 9.17) is 10.5 Å². The molecule has 1 aliphatic heterocycles. The van der Waals surface area contributed by atoms with Crippen molar-refractivity contribution >= 4 is 5.71 Å². The van der Waals surface area contributed by atoms with Gasteiger partial charge in [-0.2, -0.15) is 6.29 Å². The van der Waals surface area contributed by atoms with Gasteiger partial charge in [0.2, 0.25) is 5.71 Å². The molecule has 1 rings (SSSR count). The second-order valence-corrected chi connectivity index (χ2v) is 5.32. The Morgan fingerprint density at radius 3 is 2.35 bits per heavy atom. The van der Waals surface area contributed by atoms with Crippen LogP contribution in [0.5, 0.6) is 0 Å². The van der Waals surface area contributed by atoms with Crippen molar-refractivity contribution in [3.05, 3.63) is 12.0 Å². The predicted molar refractivity (Wildman–Crippen MR) is 60.4 cm³/mol. The van der Waals surface area contributed by atoms with E-state index in [-0.39, 0.29) is 5.92 Å². The highest BCUT2D eigenvalue weighted by Gasteiger charge is 2.37. The van der Waals surface area contributed by atoms with Crippen LogP contribution in [-0.2, 0) is 4.74 Å². The molecule has 0 aromatic heterocycles. The Bertz CT molecular complexity index is 333. The first-order chi connectivity index (χ1) is 7.72. The zero-order valence-corrected chi connectivity index (χ0v) is 10.8. The molecular weight excluding hydrogens is 220 g/mol. The fraction of sp³-hybridized carbons (Fsp3) is 0.750. The van der Waals surface area contributed by atoms with E-state index in [0.717, 1.165) is 0 Å². The summed E-state index contributed by atoms with van der Waals surface area (Å²) in [5.41, 5.74) is 5.66. The third-order valence-corrected chi connectivity index (χ3v) is 2.70. The smallest absolute Gasteiger partial charge is 0.223 e. The fourth-order valence-corrected chi connectivity index (χ4v) is 1.86. The van der Waals surface area contributed by atoms with Gasteiger partial charge < -0.3 is 20.7 Å². The Kier molecular flexibility index (Phi) is 4.16. The largest absolute Gasteiger partial charge is 0.861 e. The van der Waals surface area contributed by atoms with Crippen LogP contribution in [0.1, 0.15) is 34.1 Å². The van der Waals surface area contributed by atoms with Crippen molar-refractivity contribution in [3.8, 4) is 0 Å². The lowest BCUT2D eigenvalue weighted by atomic mass is 10.0. The van der Waals surface area contributed by atoms with E-state index >= 15 is 0 Å². The Labute approximate surface area is 102 Å². The van der Waals surface area contributed by atoms with E-state index in [1.165, 1.54) is 0 Å². The van der Waals surface area contributed by atoms with Crippen LogP contribution in [0.3, 0.4) is 0 Å². The molecule has 5 heteroatoms. The maximum absolute atomic E-state index is 11.1.